The smallest absolute Gasteiger partial charge is 0.266 e. The van der Waals surface area contributed by atoms with Crippen LogP contribution in [0.15, 0.2) is 29.3 Å². The Kier molecular flexibility index (Phi) is 4.22. The van der Waals surface area contributed by atoms with Crippen LogP contribution in [0.25, 0.3) is 0 Å². The minimum Gasteiger partial charge on any atom is -0.338 e. The van der Waals surface area contributed by atoms with Crippen molar-refractivity contribution in [2.24, 2.45) is 7.05 Å². The normalized spacial score (nSPS) is 21.5. The van der Waals surface area contributed by atoms with Gasteiger partial charge in [0, 0.05) is 50.4 Å². The van der Waals surface area contributed by atoms with Crippen molar-refractivity contribution in [1.29, 1.82) is 0 Å². The SMILES string of the molecule is Cn1ccnc1CCN1CCCC1Cn1nc(C2CC2)ccc1=O. The van der Waals surface area contributed by atoms with E-state index >= 15 is 0 Å². The van der Waals surface area contributed by atoms with E-state index in [1.54, 1.807) is 10.7 Å². The van der Waals surface area contributed by atoms with Crippen LogP contribution in [-0.2, 0) is 20.0 Å². The van der Waals surface area contributed by atoms with Gasteiger partial charge in [-0.15, -0.1) is 0 Å². The molecular weight excluding hydrogens is 302 g/mol. The standard InChI is InChI=1S/C18H25N5O/c1-21-12-9-19-17(21)8-11-22-10-2-3-15(22)13-23-18(24)7-6-16(20-23)14-4-5-14/h6-7,9,12,14-15H,2-5,8,10-11,13H2,1H3. The van der Waals surface area contributed by atoms with Crippen molar-refractivity contribution < 1.29 is 0 Å². The van der Waals surface area contributed by atoms with Crippen molar-refractivity contribution >= 4 is 0 Å². The van der Waals surface area contributed by atoms with Crippen LogP contribution in [0.1, 0.15) is 43.1 Å². The van der Waals surface area contributed by atoms with Gasteiger partial charge in [0.1, 0.15) is 5.82 Å². The minimum atomic E-state index is 0.0235. The van der Waals surface area contributed by atoms with E-state index in [9.17, 15) is 4.79 Å². The van der Waals surface area contributed by atoms with Gasteiger partial charge in [-0.05, 0) is 38.3 Å². The van der Waals surface area contributed by atoms with E-state index in [0.717, 1.165) is 37.4 Å². The van der Waals surface area contributed by atoms with Crippen LogP contribution in [0, 0.1) is 0 Å². The van der Waals surface area contributed by atoms with Gasteiger partial charge in [-0.25, -0.2) is 9.67 Å². The first-order valence-corrected chi connectivity index (χ1v) is 8.99. The molecule has 1 saturated carbocycles. The molecule has 2 aliphatic rings. The Bertz CT molecular complexity index is 761. The Hall–Kier alpha value is -1.95. The molecule has 4 rings (SSSR count). The van der Waals surface area contributed by atoms with Gasteiger partial charge < -0.3 is 4.57 Å². The van der Waals surface area contributed by atoms with Crippen LogP contribution >= 0.6 is 0 Å². The van der Waals surface area contributed by atoms with Gasteiger partial charge in [-0.3, -0.25) is 9.69 Å². The molecule has 0 radical (unpaired) electrons. The minimum absolute atomic E-state index is 0.0235. The van der Waals surface area contributed by atoms with Gasteiger partial charge in [0.15, 0.2) is 0 Å². The molecule has 2 aromatic heterocycles. The Morgan fingerprint density at radius 1 is 1.25 bits per heavy atom. The molecule has 0 spiro atoms. The van der Waals surface area contributed by atoms with Gasteiger partial charge in [-0.2, -0.15) is 5.10 Å². The van der Waals surface area contributed by atoms with Gasteiger partial charge in [-0.1, -0.05) is 0 Å². The molecule has 1 saturated heterocycles. The fourth-order valence-corrected chi connectivity index (χ4v) is 3.67. The fraction of sp³-hybridized carbons (Fsp3) is 0.611. The summed E-state index contributed by atoms with van der Waals surface area (Å²) in [4.78, 5) is 19.1. The number of hydrogen-bond acceptors (Lipinski definition) is 4. The molecule has 24 heavy (non-hydrogen) atoms. The van der Waals surface area contributed by atoms with Gasteiger partial charge in [0.25, 0.3) is 5.56 Å². The zero-order valence-electron chi connectivity index (χ0n) is 14.3. The van der Waals surface area contributed by atoms with Crippen molar-refractivity contribution in [2.45, 2.75) is 50.6 Å². The summed E-state index contributed by atoms with van der Waals surface area (Å²) in [6.45, 7) is 2.80. The predicted octanol–water partition coefficient (Wildman–Crippen LogP) is 1.56. The maximum absolute atomic E-state index is 12.2. The number of likely N-dealkylation sites (tertiary alicyclic amines) is 1. The summed E-state index contributed by atoms with van der Waals surface area (Å²) in [6, 6.07) is 4.00. The second-order valence-electron chi connectivity index (χ2n) is 7.09. The maximum Gasteiger partial charge on any atom is 0.266 e. The van der Waals surface area contributed by atoms with E-state index in [1.807, 2.05) is 25.5 Å². The lowest BCUT2D eigenvalue weighted by atomic mass is 10.2. The summed E-state index contributed by atoms with van der Waals surface area (Å²) < 4.78 is 3.77. The van der Waals surface area contributed by atoms with Crippen LogP contribution in [-0.4, -0.2) is 43.4 Å². The van der Waals surface area contributed by atoms with Gasteiger partial charge in [0.2, 0.25) is 0 Å². The summed E-state index contributed by atoms with van der Waals surface area (Å²) in [6.07, 6.45) is 9.55. The van der Waals surface area contributed by atoms with Crippen LogP contribution in [0.5, 0.6) is 0 Å². The molecule has 0 bridgehead atoms. The molecule has 1 aliphatic carbocycles. The Morgan fingerprint density at radius 3 is 2.88 bits per heavy atom. The molecule has 1 atom stereocenters. The van der Waals surface area contributed by atoms with E-state index in [4.69, 9.17) is 0 Å². The maximum atomic E-state index is 12.2. The van der Waals surface area contributed by atoms with Crippen molar-refractivity contribution in [3.63, 3.8) is 0 Å². The molecule has 6 heteroatoms. The topological polar surface area (TPSA) is 56.0 Å². The summed E-state index contributed by atoms with van der Waals surface area (Å²) >= 11 is 0. The van der Waals surface area contributed by atoms with E-state index in [1.165, 1.54) is 19.3 Å². The number of aromatic nitrogens is 4. The van der Waals surface area contributed by atoms with Crippen molar-refractivity contribution in [3.05, 3.63) is 46.4 Å². The quantitative estimate of drug-likeness (QED) is 0.808. The molecule has 2 fully saturated rings. The highest BCUT2D eigenvalue weighted by molar-refractivity contribution is 5.12. The molecule has 0 N–H and O–H groups in total. The number of aryl methyl sites for hydroxylation is 1. The molecule has 2 aromatic rings. The van der Waals surface area contributed by atoms with Gasteiger partial charge >= 0.3 is 0 Å². The largest absolute Gasteiger partial charge is 0.338 e. The van der Waals surface area contributed by atoms with Crippen molar-refractivity contribution in [2.75, 3.05) is 13.1 Å². The molecule has 6 nitrogen and oxygen atoms in total. The Morgan fingerprint density at radius 2 is 2.12 bits per heavy atom. The van der Waals surface area contributed by atoms with E-state index in [2.05, 4.69) is 19.5 Å². The van der Waals surface area contributed by atoms with Crippen LogP contribution in [0.3, 0.4) is 0 Å². The highest BCUT2D eigenvalue weighted by atomic mass is 16.1. The summed E-state index contributed by atoms with van der Waals surface area (Å²) in [5, 5.41) is 4.62. The average Bonchev–Trinajstić information content (AvgIpc) is 3.21. The number of nitrogens with zero attached hydrogens (tertiary/aromatic N) is 5. The first kappa shape index (κ1) is 15.6. The van der Waals surface area contributed by atoms with E-state index in [-0.39, 0.29) is 5.56 Å². The number of rotatable bonds is 6. The summed E-state index contributed by atoms with van der Waals surface area (Å²) in [7, 11) is 2.04. The van der Waals surface area contributed by atoms with E-state index in [0.29, 0.717) is 18.5 Å². The predicted molar refractivity (Wildman–Crippen MR) is 92.0 cm³/mol. The number of hydrogen-bond donors (Lipinski definition) is 0. The third-order valence-corrected chi connectivity index (χ3v) is 5.31. The zero-order valence-corrected chi connectivity index (χ0v) is 14.3. The third kappa shape index (κ3) is 3.29. The van der Waals surface area contributed by atoms with Gasteiger partial charge in [0.05, 0.1) is 12.2 Å². The Labute approximate surface area is 142 Å². The lowest BCUT2D eigenvalue weighted by Crippen LogP contribution is -2.38. The molecule has 128 valence electrons. The first-order chi connectivity index (χ1) is 11.7. The molecule has 0 aromatic carbocycles. The number of imidazole rings is 1. The van der Waals surface area contributed by atoms with E-state index < -0.39 is 0 Å². The van der Waals surface area contributed by atoms with Crippen LogP contribution in [0.4, 0.5) is 0 Å². The van der Waals surface area contributed by atoms with Crippen molar-refractivity contribution in [3.8, 4) is 0 Å². The monoisotopic (exact) mass is 327 g/mol. The summed E-state index contributed by atoms with van der Waals surface area (Å²) in [5.41, 5.74) is 1.11. The lowest BCUT2D eigenvalue weighted by Gasteiger charge is -2.24. The summed E-state index contributed by atoms with van der Waals surface area (Å²) in [5.74, 6) is 1.70. The molecule has 0 amide bonds. The molecule has 3 heterocycles. The molecular formula is C18H25N5O. The second kappa shape index (κ2) is 6.51. The fourth-order valence-electron chi connectivity index (χ4n) is 3.67. The second-order valence-corrected chi connectivity index (χ2v) is 7.09. The van der Waals surface area contributed by atoms with Crippen LogP contribution in [0.2, 0.25) is 0 Å². The lowest BCUT2D eigenvalue weighted by molar-refractivity contribution is 0.225. The molecule has 1 unspecified atom stereocenters. The van der Waals surface area contributed by atoms with Crippen LogP contribution < -0.4 is 5.56 Å². The third-order valence-electron chi connectivity index (χ3n) is 5.31. The highest BCUT2D eigenvalue weighted by Gasteiger charge is 2.28. The van der Waals surface area contributed by atoms with Crippen molar-refractivity contribution in [1.82, 2.24) is 24.2 Å². The highest BCUT2D eigenvalue weighted by Crippen LogP contribution is 2.38. The first-order valence-electron chi connectivity index (χ1n) is 8.99. The average molecular weight is 327 g/mol. The molecule has 1 aliphatic heterocycles. The Balaban J connectivity index is 1.42. The zero-order chi connectivity index (χ0) is 16.5.